The summed E-state index contributed by atoms with van der Waals surface area (Å²) in [6.07, 6.45) is 0. The highest BCUT2D eigenvalue weighted by Gasteiger charge is 2.20. The molecule has 0 atom stereocenters. The first-order valence-electron chi connectivity index (χ1n) is 4.82. The third kappa shape index (κ3) is 3.35. The van der Waals surface area contributed by atoms with Crippen molar-refractivity contribution in [2.24, 2.45) is 0 Å². The van der Waals surface area contributed by atoms with Crippen molar-refractivity contribution in [1.82, 2.24) is 0 Å². The zero-order chi connectivity index (χ0) is 14.2. The van der Waals surface area contributed by atoms with Gasteiger partial charge in [-0.3, -0.25) is 4.72 Å². The molecule has 1 aromatic carbocycles. The van der Waals surface area contributed by atoms with Gasteiger partial charge in [0, 0.05) is 5.69 Å². The van der Waals surface area contributed by atoms with Gasteiger partial charge in [-0.05, 0) is 40.2 Å². The molecule has 1 heterocycles. The molecule has 19 heavy (non-hydrogen) atoms. The van der Waals surface area contributed by atoms with Gasteiger partial charge in [0.1, 0.15) is 4.21 Å². The Bertz CT molecular complexity index is 712. The van der Waals surface area contributed by atoms with E-state index < -0.39 is 10.0 Å². The number of nitrogens with one attached hydrogen (secondary N) is 1. The minimum atomic E-state index is -3.74. The Morgan fingerprint density at radius 1 is 1.21 bits per heavy atom. The molecular formula is C10H7BrCl2N2O2S2. The van der Waals surface area contributed by atoms with Crippen molar-refractivity contribution in [3.05, 3.63) is 38.1 Å². The molecule has 0 aliphatic carbocycles. The fraction of sp³-hybridized carbons (Fsp3) is 0. The maximum Gasteiger partial charge on any atom is 0.271 e. The number of sulfonamides is 1. The summed E-state index contributed by atoms with van der Waals surface area (Å²) in [6, 6.07) is 5.91. The fourth-order valence-corrected chi connectivity index (χ4v) is 4.97. The van der Waals surface area contributed by atoms with Crippen molar-refractivity contribution < 1.29 is 8.42 Å². The Hall–Kier alpha value is -0.470. The maximum atomic E-state index is 12.2. The number of anilines is 2. The van der Waals surface area contributed by atoms with E-state index >= 15 is 0 Å². The predicted molar refractivity (Wildman–Crippen MR) is 83.7 cm³/mol. The van der Waals surface area contributed by atoms with Crippen LogP contribution in [0.3, 0.4) is 0 Å². The molecule has 102 valence electrons. The smallest absolute Gasteiger partial charge is 0.271 e. The van der Waals surface area contributed by atoms with Gasteiger partial charge in [-0.1, -0.05) is 23.2 Å². The van der Waals surface area contributed by atoms with Gasteiger partial charge in [-0.2, -0.15) is 0 Å². The molecule has 4 nitrogen and oxygen atoms in total. The summed E-state index contributed by atoms with van der Waals surface area (Å²) in [7, 11) is -3.74. The van der Waals surface area contributed by atoms with E-state index in [9.17, 15) is 8.42 Å². The third-order valence-corrected chi connectivity index (χ3v) is 6.77. The van der Waals surface area contributed by atoms with Crippen LogP contribution in [0.4, 0.5) is 11.4 Å². The van der Waals surface area contributed by atoms with Crippen LogP contribution in [0.25, 0.3) is 0 Å². The minimum absolute atomic E-state index is 0.0860. The molecule has 1 aromatic heterocycles. The molecule has 3 N–H and O–H groups in total. The highest BCUT2D eigenvalue weighted by atomic mass is 79.9. The summed E-state index contributed by atoms with van der Waals surface area (Å²) in [5, 5.41) is 0.601. The Morgan fingerprint density at radius 3 is 2.47 bits per heavy atom. The SMILES string of the molecule is Nc1ccc(Cl)c(NS(=O)(=O)c2cc(Cl)c(Br)s2)c1. The van der Waals surface area contributed by atoms with E-state index in [4.69, 9.17) is 28.9 Å². The van der Waals surface area contributed by atoms with Gasteiger partial charge in [0.2, 0.25) is 0 Å². The molecule has 9 heteroatoms. The molecule has 0 saturated carbocycles. The molecule has 0 aliphatic rings. The van der Waals surface area contributed by atoms with Gasteiger partial charge in [0.15, 0.2) is 0 Å². The normalized spacial score (nSPS) is 11.5. The molecule has 0 saturated heterocycles. The first-order chi connectivity index (χ1) is 8.79. The van der Waals surface area contributed by atoms with Crippen molar-refractivity contribution in [2.75, 3.05) is 10.5 Å². The first kappa shape index (κ1) is 14.9. The Balaban J connectivity index is 2.39. The van der Waals surface area contributed by atoms with Crippen molar-refractivity contribution in [2.45, 2.75) is 4.21 Å². The van der Waals surface area contributed by atoms with Crippen LogP contribution in [-0.2, 0) is 10.0 Å². The Kier molecular flexibility index (Phi) is 4.32. The molecule has 0 aliphatic heterocycles. The Labute approximate surface area is 132 Å². The standard InChI is InChI=1S/C10H7BrCl2N2O2S2/c11-10-7(13)4-9(18-10)19(16,17)15-8-3-5(14)1-2-6(8)12/h1-4,15H,14H2. The fourth-order valence-electron chi connectivity index (χ4n) is 1.28. The molecule has 0 fully saturated rings. The highest BCUT2D eigenvalue weighted by molar-refractivity contribution is 9.11. The lowest BCUT2D eigenvalue weighted by molar-refractivity contribution is 0.603. The van der Waals surface area contributed by atoms with Gasteiger partial charge in [-0.15, -0.1) is 11.3 Å². The lowest BCUT2D eigenvalue weighted by atomic mass is 10.3. The number of benzene rings is 1. The highest BCUT2D eigenvalue weighted by Crippen LogP contribution is 2.36. The van der Waals surface area contributed by atoms with Crippen molar-refractivity contribution in [1.29, 1.82) is 0 Å². The largest absolute Gasteiger partial charge is 0.399 e. The predicted octanol–water partition coefficient (Wildman–Crippen LogP) is 4.20. The van der Waals surface area contributed by atoms with Crippen molar-refractivity contribution in [3.8, 4) is 0 Å². The van der Waals surface area contributed by atoms with Gasteiger partial charge in [0.05, 0.1) is 19.5 Å². The average molecular weight is 402 g/mol. The van der Waals surface area contributed by atoms with Crippen molar-refractivity contribution >= 4 is 71.9 Å². The lowest BCUT2D eigenvalue weighted by Crippen LogP contribution is -2.12. The van der Waals surface area contributed by atoms with Crippen LogP contribution in [-0.4, -0.2) is 8.42 Å². The van der Waals surface area contributed by atoms with Crippen LogP contribution in [0.5, 0.6) is 0 Å². The van der Waals surface area contributed by atoms with Crippen LogP contribution in [0.2, 0.25) is 10.0 Å². The molecule has 0 unspecified atom stereocenters. The number of halogens is 3. The number of rotatable bonds is 3. The summed E-state index contributed by atoms with van der Waals surface area (Å²) < 4.78 is 27.3. The number of nitrogens with two attached hydrogens (primary N) is 1. The van der Waals surface area contributed by atoms with E-state index in [2.05, 4.69) is 20.7 Å². The molecule has 2 rings (SSSR count). The second-order valence-electron chi connectivity index (χ2n) is 3.53. The third-order valence-electron chi connectivity index (χ3n) is 2.12. The zero-order valence-electron chi connectivity index (χ0n) is 9.15. The van der Waals surface area contributed by atoms with E-state index in [1.54, 1.807) is 6.07 Å². The van der Waals surface area contributed by atoms with Gasteiger partial charge >= 0.3 is 0 Å². The number of hydrogen-bond acceptors (Lipinski definition) is 4. The number of hydrogen-bond donors (Lipinski definition) is 2. The maximum absolute atomic E-state index is 12.2. The zero-order valence-corrected chi connectivity index (χ0v) is 13.9. The van der Waals surface area contributed by atoms with E-state index in [-0.39, 0.29) is 14.9 Å². The van der Waals surface area contributed by atoms with Gasteiger partial charge < -0.3 is 5.73 Å². The van der Waals surface area contributed by atoms with E-state index in [1.807, 2.05) is 0 Å². The van der Waals surface area contributed by atoms with E-state index in [1.165, 1.54) is 18.2 Å². The topological polar surface area (TPSA) is 72.2 Å². The number of nitrogen functional groups attached to an aromatic ring is 1. The Morgan fingerprint density at radius 2 is 1.89 bits per heavy atom. The molecule has 0 bridgehead atoms. The second kappa shape index (κ2) is 5.49. The van der Waals surface area contributed by atoms with E-state index in [0.717, 1.165) is 11.3 Å². The van der Waals surface area contributed by atoms with Crippen LogP contribution in [0, 0.1) is 0 Å². The van der Waals surface area contributed by atoms with Crippen LogP contribution in [0.1, 0.15) is 0 Å². The van der Waals surface area contributed by atoms with Crippen LogP contribution < -0.4 is 10.5 Å². The minimum Gasteiger partial charge on any atom is -0.399 e. The molecular weight excluding hydrogens is 395 g/mol. The summed E-state index contributed by atoms with van der Waals surface area (Å²) in [5.41, 5.74) is 6.23. The second-order valence-corrected chi connectivity index (χ2v) is 8.63. The summed E-state index contributed by atoms with van der Waals surface area (Å²) in [6.45, 7) is 0. The number of thiophene rings is 1. The monoisotopic (exact) mass is 400 g/mol. The van der Waals surface area contributed by atoms with Gasteiger partial charge in [-0.25, -0.2) is 8.42 Å². The first-order valence-corrected chi connectivity index (χ1v) is 8.67. The van der Waals surface area contributed by atoms with Crippen LogP contribution >= 0.6 is 50.5 Å². The molecule has 0 spiro atoms. The average Bonchev–Trinajstić information content (AvgIpc) is 2.65. The lowest BCUT2D eigenvalue weighted by Gasteiger charge is -2.08. The molecule has 0 radical (unpaired) electrons. The summed E-state index contributed by atoms with van der Waals surface area (Å²) >= 11 is 15.9. The summed E-state index contributed by atoms with van der Waals surface area (Å²) in [5.74, 6) is 0. The van der Waals surface area contributed by atoms with E-state index in [0.29, 0.717) is 14.5 Å². The quantitative estimate of drug-likeness (QED) is 0.757. The van der Waals surface area contributed by atoms with Crippen LogP contribution in [0.15, 0.2) is 32.3 Å². The van der Waals surface area contributed by atoms with Crippen molar-refractivity contribution in [3.63, 3.8) is 0 Å². The molecule has 0 amide bonds. The van der Waals surface area contributed by atoms with Gasteiger partial charge in [0.25, 0.3) is 10.0 Å². The summed E-state index contributed by atoms with van der Waals surface area (Å²) in [4.78, 5) is 0. The molecule has 2 aromatic rings.